The predicted molar refractivity (Wildman–Crippen MR) is 113 cm³/mol. The van der Waals surface area contributed by atoms with Crippen LogP contribution in [0, 0.1) is 0 Å². The number of hydrogen-bond donors (Lipinski definition) is 2. The summed E-state index contributed by atoms with van der Waals surface area (Å²) in [5, 5.41) is 5.62. The van der Waals surface area contributed by atoms with E-state index in [9.17, 15) is 9.59 Å². The summed E-state index contributed by atoms with van der Waals surface area (Å²) in [6.07, 6.45) is 0. The van der Waals surface area contributed by atoms with Crippen molar-refractivity contribution in [2.24, 2.45) is 0 Å². The van der Waals surface area contributed by atoms with Gasteiger partial charge in [-0.05, 0) is 73.7 Å². The van der Waals surface area contributed by atoms with E-state index in [4.69, 9.17) is 9.47 Å². The van der Waals surface area contributed by atoms with Crippen LogP contribution < -0.4 is 20.1 Å². The van der Waals surface area contributed by atoms with Gasteiger partial charge in [0.05, 0.1) is 13.7 Å². The van der Waals surface area contributed by atoms with Crippen LogP contribution in [0.25, 0.3) is 0 Å². The van der Waals surface area contributed by atoms with E-state index in [1.807, 2.05) is 6.92 Å². The summed E-state index contributed by atoms with van der Waals surface area (Å²) in [5.74, 6) is 0.845. The van der Waals surface area contributed by atoms with Crippen LogP contribution in [-0.2, 0) is 0 Å². The average Bonchev–Trinajstić information content (AvgIpc) is 2.76. The van der Waals surface area contributed by atoms with Crippen LogP contribution in [0.3, 0.4) is 0 Å². The predicted octanol–water partition coefficient (Wildman–Crippen LogP) is 4.60. The molecule has 0 saturated heterocycles. The zero-order chi connectivity index (χ0) is 20.6. The summed E-state index contributed by atoms with van der Waals surface area (Å²) in [5.41, 5.74) is 2.06. The molecule has 0 aliphatic heterocycles. The van der Waals surface area contributed by atoms with Crippen molar-refractivity contribution in [1.29, 1.82) is 0 Å². The molecular formula is C23H22N2O4. The van der Waals surface area contributed by atoms with Crippen LogP contribution in [0.5, 0.6) is 11.5 Å². The molecule has 0 heterocycles. The van der Waals surface area contributed by atoms with Gasteiger partial charge in [-0.25, -0.2) is 0 Å². The molecule has 0 saturated carbocycles. The molecule has 3 aromatic carbocycles. The number of nitrogens with one attached hydrogen (secondary N) is 2. The Morgan fingerprint density at radius 2 is 1.24 bits per heavy atom. The summed E-state index contributed by atoms with van der Waals surface area (Å²) in [4.78, 5) is 25.1. The molecule has 29 heavy (non-hydrogen) atoms. The number of ether oxygens (including phenoxy) is 2. The molecule has 6 nitrogen and oxygen atoms in total. The normalized spacial score (nSPS) is 10.1. The van der Waals surface area contributed by atoms with Crippen LogP contribution in [0.15, 0.2) is 72.8 Å². The molecule has 0 atom stereocenters. The summed E-state index contributed by atoms with van der Waals surface area (Å²) < 4.78 is 10.5. The van der Waals surface area contributed by atoms with E-state index in [2.05, 4.69) is 10.6 Å². The Balaban J connectivity index is 1.67. The molecule has 3 aromatic rings. The molecule has 2 N–H and O–H groups in total. The molecule has 0 aromatic heterocycles. The molecule has 0 bridgehead atoms. The zero-order valence-electron chi connectivity index (χ0n) is 16.3. The summed E-state index contributed by atoms with van der Waals surface area (Å²) in [7, 11) is 1.58. The first-order valence-corrected chi connectivity index (χ1v) is 9.18. The molecule has 6 heteroatoms. The van der Waals surface area contributed by atoms with Gasteiger partial charge in [-0.3, -0.25) is 9.59 Å². The summed E-state index contributed by atoms with van der Waals surface area (Å²) in [6.45, 7) is 2.49. The molecule has 0 spiro atoms. The fraction of sp³-hybridized carbons (Fsp3) is 0.130. The molecule has 148 valence electrons. The fourth-order valence-corrected chi connectivity index (χ4v) is 2.68. The molecule has 0 aliphatic carbocycles. The van der Waals surface area contributed by atoms with Gasteiger partial charge in [0.25, 0.3) is 11.8 Å². The van der Waals surface area contributed by atoms with Crippen molar-refractivity contribution in [3.63, 3.8) is 0 Å². The molecule has 0 fully saturated rings. The maximum Gasteiger partial charge on any atom is 0.255 e. The van der Waals surface area contributed by atoms with E-state index in [0.717, 1.165) is 5.75 Å². The quantitative estimate of drug-likeness (QED) is 0.618. The maximum atomic E-state index is 12.5. The highest BCUT2D eigenvalue weighted by Gasteiger charge is 2.11. The van der Waals surface area contributed by atoms with Crippen molar-refractivity contribution in [2.45, 2.75) is 6.92 Å². The van der Waals surface area contributed by atoms with Crippen molar-refractivity contribution in [3.8, 4) is 11.5 Å². The molecule has 0 unspecified atom stereocenters. The van der Waals surface area contributed by atoms with Gasteiger partial charge in [-0.2, -0.15) is 0 Å². The van der Waals surface area contributed by atoms with E-state index >= 15 is 0 Å². The molecule has 0 aliphatic rings. The van der Waals surface area contributed by atoms with Crippen molar-refractivity contribution in [2.75, 3.05) is 24.4 Å². The maximum absolute atomic E-state index is 12.5. The van der Waals surface area contributed by atoms with E-state index in [-0.39, 0.29) is 11.8 Å². The third-order valence-corrected chi connectivity index (χ3v) is 4.16. The highest BCUT2D eigenvalue weighted by molar-refractivity contribution is 6.08. The van der Waals surface area contributed by atoms with Gasteiger partial charge in [0.15, 0.2) is 0 Å². The summed E-state index contributed by atoms with van der Waals surface area (Å²) in [6, 6.07) is 20.7. The lowest BCUT2D eigenvalue weighted by Crippen LogP contribution is -2.15. The van der Waals surface area contributed by atoms with Crippen molar-refractivity contribution in [1.82, 2.24) is 0 Å². The number of hydrogen-bond acceptors (Lipinski definition) is 4. The first kappa shape index (κ1) is 19.9. The van der Waals surface area contributed by atoms with Crippen LogP contribution in [0.4, 0.5) is 11.4 Å². The Bertz CT molecular complexity index is 983. The van der Waals surface area contributed by atoms with Crippen LogP contribution in [0.2, 0.25) is 0 Å². The van der Waals surface area contributed by atoms with Gasteiger partial charge in [0.1, 0.15) is 11.5 Å². The molecule has 0 radical (unpaired) electrons. The molecule has 3 rings (SSSR count). The number of anilines is 2. The average molecular weight is 390 g/mol. The number of benzene rings is 3. The van der Waals surface area contributed by atoms with E-state index in [1.165, 1.54) is 0 Å². The largest absolute Gasteiger partial charge is 0.497 e. The zero-order valence-corrected chi connectivity index (χ0v) is 16.3. The van der Waals surface area contributed by atoms with Crippen molar-refractivity contribution in [3.05, 3.63) is 83.9 Å². The lowest BCUT2D eigenvalue weighted by atomic mass is 10.1. The highest BCUT2D eigenvalue weighted by Crippen LogP contribution is 2.18. The lowest BCUT2D eigenvalue weighted by Gasteiger charge is -2.09. The molecular weight excluding hydrogens is 368 g/mol. The number of methoxy groups -OCH3 is 1. The second-order valence-electron chi connectivity index (χ2n) is 6.17. The van der Waals surface area contributed by atoms with Crippen LogP contribution >= 0.6 is 0 Å². The van der Waals surface area contributed by atoms with Gasteiger partial charge in [-0.1, -0.05) is 6.07 Å². The van der Waals surface area contributed by atoms with Crippen LogP contribution in [-0.4, -0.2) is 25.5 Å². The number of carbonyl (C=O) groups excluding carboxylic acids is 2. The van der Waals surface area contributed by atoms with Crippen molar-refractivity contribution < 1.29 is 19.1 Å². The topological polar surface area (TPSA) is 76.7 Å². The minimum absolute atomic E-state index is 0.298. The smallest absolute Gasteiger partial charge is 0.255 e. The number of carbonyl (C=O) groups is 2. The van der Waals surface area contributed by atoms with Gasteiger partial charge >= 0.3 is 0 Å². The van der Waals surface area contributed by atoms with Gasteiger partial charge < -0.3 is 20.1 Å². The third-order valence-electron chi connectivity index (χ3n) is 4.16. The SMILES string of the molecule is CCOc1ccc(NC(=O)c2cccc(C(=O)Nc3ccc(OC)cc3)c2)cc1. The first-order chi connectivity index (χ1) is 14.1. The van der Waals surface area contributed by atoms with Crippen molar-refractivity contribution >= 4 is 23.2 Å². The highest BCUT2D eigenvalue weighted by atomic mass is 16.5. The number of rotatable bonds is 7. The Morgan fingerprint density at radius 1 is 0.759 bits per heavy atom. The monoisotopic (exact) mass is 390 g/mol. The first-order valence-electron chi connectivity index (χ1n) is 9.18. The lowest BCUT2D eigenvalue weighted by molar-refractivity contribution is 0.102. The Hall–Kier alpha value is -3.80. The van der Waals surface area contributed by atoms with Gasteiger partial charge in [0, 0.05) is 22.5 Å². The third kappa shape index (κ3) is 5.35. The van der Waals surface area contributed by atoms with E-state index in [1.54, 1.807) is 79.9 Å². The minimum atomic E-state index is -0.300. The Morgan fingerprint density at radius 3 is 1.69 bits per heavy atom. The second-order valence-corrected chi connectivity index (χ2v) is 6.17. The van der Waals surface area contributed by atoms with Gasteiger partial charge in [0.2, 0.25) is 0 Å². The van der Waals surface area contributed by atoms with E-state index < -0.39 is 0 Å². The second kappa shape index (κ2) is 9.41. The van der Waals surface area contributed by atoms with E-state index in [0.29, 0.717) is 34.9 Å². The Labute approximate surface area is 169 Å². The van der Waals surface area contributed by atoms with Crippen LogP contribution in [0.1, 0.15) is 27.6 Å². The fourth-order valence-electron chi connectivity index (χ4n) is 2.68. The minimum Gasteiger partial charge on any atom is -0.497 e. The Kier molecular flexibility index (Phi) is 6.47. The standard InChI is InChI=1S/C23H22N2O4/c1-3-29-21-13-9-19(10-14-21)25-23(27)17-6-4-5-16(15-17)22(26)24-18-7-11-20(28-2)12-8-18/h4-15H,3H2,1-2H3,(H,24,26)(H,25,27). The summed E-state index contributed by atoms with van der Waals surface area (Å²) >= 11 is 0. The molecule has 2 amide bonds. The van der Waals surface area contributed by atoms with Gasteiger partial charge in [-0.15, -0.1) is 0 Å². The number of amides is 2.